The zero-order chi connectivity index (χ0) is 7.68. The van der Waals surface area contributed by atoms with Crippen LogP contribution in [0.25, 0.3) is 0 Å². The van der Waals surface area contributed by atoms with Gasteiger partial charge < -0.3 is 5.21 Å². The highest BCUT2D eigenvalue weighted by atomic mass is 32.9. The first-order valence-corrected chi connectivity index (χ1v) is 5.86. The van der Waals surface area contributed by atoms with Gasteiger partial charge in [-0.15, -0.1) is 0 Å². The fourth-order valence-corrected chi connectivity index (χ4v) is 4.04. The summed E-state index contributed by atoms with van der Waals surface area (Å²) in [5.41, 5.74) is 1.30. The van der Waals surface area contributed by atoms with Crippen LogP contribution in [0.5, 0.6) is 0 Å². The summed E-state index contributed by atoms with van der Waals surface area (Å²) in [5.74, 6) is 0. The smallest absolute Gasteiger partial charge is 0.169 e. The molecule has 0 amide bonds. The van der Waals surface area contributed by atoms with Crippen LogP contribution in [-0.2, 0) is 12.8 Å². The molecule has 1 heterocycles. The minimum absolute atomic E-state index is 0.838. The molecule has 0 aromatic carbocycles. The quantitative estimate of drug-likeness (QED) is 0.376. The van der Waals surface area contributed by atoms with Crippen molar-refractivity contribution in [3.05, 3.63) is 15.1 Å². The van der Waals surface area contributed by atoms with Crippen LogP contribution in [0, 0.1) is 0 Å². The third-order valence-electron chi connectivity index (χ3n) is 1.99. The summed E-state index contributed by atoms with van der Waals surface area (Å²) in [5, 5.41) is 11.9. The molecule has 1 N–H and O–H groups in total. The molecule has 60 valence electrons. The highest BCUT2D eigenvalue weighted by molar-refractivity contribution is 7.68. The SMILES string of the molecule is O/N=c1/ssc2c1CCCC2. The molecule has 2 nitrogen and oxygen atoms in total. The lowest BCUT2D eigenvalue weighted by atomic mass is 10.0. The summed E-state index contributed by atoms with van der Waals surface area (Å²) in [6, 6.07) is 0. The van der Waals surface area contributed by atoms with Crippen molar-refractivity contribution >= 4 is 20.7 Å². The van der Waals surface area contributed by atoms with Crippen molar-refractivity contribution < 1.29 is 5.21 Å². The molecule has 4 heteroatoms. The van der Waals surface area contributed by atoms with Gasteiger partial charge in [-0.25, -0.2) is 0 Å². The van der Waals surface area contributed by atoms with E-state index in [0.717, 1.165) is 11.1 Å². The van der Waals surface area contributed by atoms with Crippen molar-refractivity contribution in [2.75, 3.05) is 0 Å². The van der Waals surface area contributed by atoms with Crippen LogP contribution in [0.15, 0.2) is 5.16 Å². The van der Waals surface area contributed by atoms with Crippen LogP contribution in [0.2, 0.25) is 0 Å². The first-order chi connectivity index (χ1) is 5.42. The lowest BCUT2D eigenvalue weighted by Crippen LogP contribution is -2.08. The van der Waals surface area contributed by atoms with Gasteiger partial charge in [-0.3, -0.25) is 0 Å². The molecule has 0 spiro atoms. The van der Waals surface area contributed by atoms with E-state index in [2.05, 4.69) is 5.16 Å². The Morgan fingerprint density at radius 3 is 2.82 bits per heavy atom. The van der Waals surface area contributed by atoms with Crippen LogP contribution in [0.1, 0.15) is 23.3 Å². The Morgan fingerprint density at radius 2 is 2.00 bits per heavy atom. The zero-order valence-corrected chi connectivity index (χ0v) is 7.67. The Kier molecular flexibility index (Phi) is 1.96. The van der Waals surface area contributed by atoms with E-state index in [1.165, 1.54) is 29.7 Å². The number of fused-ring (bicyclic) bond motifs is 1. The van der Waals surface area contributed by atoms with E-state index in [1.807, 2.05) is 0 Å². The van der Waals surface area contributed by atoms with Gasteiger partial charge in [0.15, 0.2) is 4.67 Å². The van der Waals surface area contributed by atoms with E-state index in [9.17, 15) is 0 Å². The van der Waals surface area contributed by atoms with Crippen molar-refractivity contribution in [1.29, 1.82) is 0 Å². The van der Waals surface area contributed by atoms with Crippen molar-refractivity contribution in [3.8, 4) is 0 Å². The topological polar surface area (TPSA) is 32.6 Å². The van der Waals surface area contributed by atoms with Gasteiger partial charge >= 0.3 is 0 Å². The fraction of sp³-hybridized carbons (Fsp3) is 0.571. The average molecular weight is 187 g/mol. The molecule has 0 fully saturated rings. The average Bonchev–Trinajstić information content (AvgIpc) is 2.47. The van der Waals surface area contributed by atoms with Crippen molar-refractivity contribution in [2.24, 2.45) is 5.16 Å². The third-order valence-corrected chi connectivity index (χ3v) is 4.54. The number of hydrogen-bond donors (Lipinski definition) is 1. The fourth-order valence-electron chi connectivity index (χ4n) is 1.41. The van der Waals surface area contributed by atoms with Crippen LogP contribution in [-0.4, -0.2) is 5.21 Å². The minimum Gasteiger partial charge on any atom is -0.410 e. The lowest BCUT2D eigenvalue weighted by Gasteiger charge is -2.07. The van der Waals surface area contributed by atoms with E-state index in [-0.39, 0.29) is 0 Å². The molecular formula is C7H9NOS2. The molecule has 0 radical (unpaired) electrons. The number of aryl methyl sites for hydroxylation is 1. The molecule has 1 aromatic heterocycles. The summed E-state index contributed by atoms with van der Waals surface area (Å²) < 4.78 is 0.838. The zero-order valence-electron chi connectivity index (χ0n) is 6.04. The monoisotopic (exact) mass is 187 g/mol. The van der Waals surface area contributed by atoms with Crippen LogP contribution in [0.3, 0.4) is 0 Å². The van der Waals surface area contributed by atoms with Crippen LogP contribution >= 0.6 is 20.7 Å². The molecule has 0 unspecified atom stereocenters. The standard InChI is InChI=1S/C7H9NOS2/c9-8-7-5-3-1-2-4-6(5)10-11-7/h9H,1-4H2/b8-7+. The Bertz CT molecular complexity index is 312. The van der Waals surface area contributed by atoms with Crippen molar-refractivity contribution in [3.63, 3.8) is 0 Å². The van der Waals surface area contributed by atoms with Gasteiger partial charge in [0.1, 0.15) is 0 Å². The molecule has 0 bridgehead atoms. The maximum Gasteiger partial charge on any atom is 0.169 e. The Labute approximate surface area is 72.2 Å². The predicted molar refractivity (Wildman–Crippen MR) is 46.2 cm³/mol. The molecular weight excluding hydrogens is 178 g/mol. The molecule has 0 saturated carbocycles. The van der Waals surface area contributed by atoms with Crippen molar-refractivity contribution in [1.82, 2.24) is 0 Å². The molecule has 1 aliphatic carbocycles. The first-order valence-electron chi connectivity index (χ1n) is 3.71. The molecule has 2 rings (SSSR count). The number of nitrogens with zero attached hydrogens (tertiary/aromatic N) is 1. The van der Waals surface area contributed by atoms with E-state index >= 15 is 0 Å². The summed E-state index contributed by atoms with van der Waals surface area (Å²) >= 11 is 0. The van der Waals surface area contributed by atoms with Gasteiger partial charge in [0.2, 0.25) is 0 Å². The summed E-state index contributed by atoms with van der Waals surface area (Å²) in [4.78, 5) is 1.44. The van der Waals surface area contributed by atoms with E-state index < -0.39 is 0 Å². The minimum atomic E-state index is 0.838. The van der Waals surface area contributed by atoms with E-state index in [4.69, 9.17) is 5.21 Å². The summed E-state index contributed by atoms with van der Waals surface area (Å²) in [6.07, 6.45) is 4.84. The van der Waals surface area contributed by atoms with Gasteiger partial charge in [-0.2, -0.15) is 0 Å². The van der Waals surface area contributed by atoms with Gasteiger partial charge in [-0.05, 0) is 25.7 Å². The molecule has 1 aliphatic rings. The highest BCUT2D eigenvalue weighted by Crippen LogP contribution is 2.24. The lowest BCUT2D eigenvalue weighted by molar-refractivity contribution is 0.303. The van der Waals surface area contributed by atoms with Crippen LogP contribution in [0.4, 0.5) is 0 Å². The largest absolute Gasteiger partial charge is 0.410 e. The molecule has 11 heavy (non-hydrogen) atoms. The second-order valence-corrected chi connectivity index (χ2v) is 4.89. The molecule has 1 aromatic rings. The first kappa shape index (κ1) is 7.31. The second kappa shape index (κ2) is 2.95. The van der Waals surface area contributed by atoms with E-state index in [1.54, 1.807) is 20.7 Å². The second-order valence-electron chi connectivity index (χ2n) is 2.68. The third kappa shape index (κ3) is 1.20. The van der Waals surface area contributed by atoms with Gasteiger partial charge in [0, 0.05) is 10.4 Å². The normalized spacial score (nSPS) is 18.4. The van der Waals surface area contributed by atoms with E-state index in [0.29, 0.717) is 0 Å². The maximum atomic E-state index is 8.62. The molecule has 0 atom stereocenters. The van der Waals surface area contributed by atoms with Gasteiger partial charge in [-0.1, -0.05) is 25.8 Å². The maximum absolute atomic E-state index is 8.62. The van der Waals surface area contributed by atoms with Crippen molar-refractivity contribution in [2.45, 2.75) is 25.7 Å². The van der Waals surface area contributed by atoms with Crippen LogP contribution < -0.4 is 4.67 Å². The Balaban J connectivity index is 2.54. The summed E-state index contributed by atoms with van der Waals surface area (Å²) in [6.45, 7) is 0. The Morgan fingerprint density at radius 1 is 1.18 bits per heavy atom. The molecule has 0 saturated heterocycles. The van der Waals surface area contributed by atoms with Gasteiger partial charge in [0.05, 0.1) is 0 Å². The highest BCUT2D eigenvalue weighted by Gasteiger charge is 2.13. The predicted octanol–water partition coefficient (Wildman–Crippen LogP) is 1.98. The number of hydrogen-bond acceptors (Lipinski definition) is 4. The molecule has 0 aliphatic heterocycles. The Hall–Kier alpha value is -0.350. The van der Waals surface area contributed by atoms with Gasteiger partial charge in [0.25, 0.3) is 0 Å². The number of rotatable bonds is 0. The summed E-state index contributed by atoms with van der Waals surface area (Å²) in [7, 11) is 3.35.